The first-order chi connectivity index (χ1) is 21.3. The van der Waals surface area contributed by atoms with E-state index in [0.717, 1.165) is 0 Å². The maximum absolute atomic E-state index is 13.8. The van der Waals surface area contributed by atoms with Gasteiger partial charge in [0.25, 0.3) is 11.8 Å². The van der Waals surface area contributed by atoms with Crippen molar-refractivity contribution in [1.29, 1.82) is 0 Å². The lowest BCUT2D eigenvalue weighted by atomic mass is 10.1. The highest BCUT2D eigenvalue weighted by atomic mass is 16.6. The number of rotatable bonds is 6. The molecule has 2 aromatic rings. The molecule has 2 heterocycles. The molecule has 4 amide bonds. The minimum atomic E-state index is -0.743. The van der Waals surface area contributed by atoms with Gasteiger partial charge < -0.3 is 29.1 Å². The molecule has 1 aromatic carbocycles. The summed E-state index contributed by atoms with van der Waals surface area (Å²) in [7, 11) is 5.10. The summed E-state index contributed by atoms with van der Waals surface area (Å²) < 4.78 is 13.4. The third-order valence-corrected chi connectivity index (χ3v) is 7.74. The Labute approximate surface area is 267 Å². The lowest BCUT2D eigenvalue weighted by molar-refractivity contribution is -0.134. The highest BCUT2D eigenvalue weighted by Crippen LogP contribution is 2.23. The predicted molar refractivity (Wildman–Crippen MR) is 171 cm³/mol. The molecule has 1 aromatic heterocycles. The zero-order valence-corrected chi connectivity index (χ0v) is 28.0. The van der Waals surface area contributed by atoms with E-state index in [-0.39, 0.29) is 23.8 Å². The predicted octanol–water partition coefficient (Wildman–Crippen LogP) is 4.15. The van der Waals surface area contributed by atoms with Crippen LogP contribution in [0, 0.1) is 0 Å². The third-order valence-electron chi connectivity index (χ3n) is 7.74. The summed E-state index contributed by atoms with van der Waals surface area (Å²) in [5.41, 5.74) is 0.252. The second-order valence-electron chi connectivity index (χ2n) is 12.5. The fraction of sp³-hybridized carbons (Fsp3) is 0.606. The van der Waals surface area contributed by atoms with Gasteiger partial charge in [-0.1, -0.05) is 12.1 Å². The Bertz CT molecular complexity index is 1300. The van der Waals surface area contributed by atoms with Crippen LogP contribution in [0.3, 0.4) is 0 Å². The van der Waals surface area contributed by atoms with E-state index in [9.17, 15) is 19.2 Å². The Hall–Kier alpha value is -4.09. The summed E-state index contributed by atoms with van der Waals surface area (Å²) in [5.74, 6) is -0.232. The molecule has 1 atom stereocenters. The minimum absolute atomic E-state index is 0.146. The van der Waals surface area contributed by atoms with Gasteiger partial charge in [0.05, 0.1) is 23.9 Å². The van der Waals surface area contributed by atoms with Crippen LogP contribution in [0.15, 0.2) is 36.7 Å². The molecule has 0 bridgehead atoms. The molecule has 1 aliphatic heterocycles. The number of hydrogen-bond acceptors (Lipinski definition) is 7. The van der Waals surface area contributed by atoms with Crippen molar-refractivity contribution in [3.63, 3.8) is 0 Å². The lowest BCUT2D eigenvalue weighted by Crippen LogP contribution is -2.49. The highest BCUT2D eigenvalue weighted by molar-refractivity contribution is 5.99. The summed E-state index contributed by atoms with van der Waals surface area (Å²) in [6, 6.07) is 6.25. The van der Waals surface area contributed by atoms with E-state index in [1.165, 1.54) is 4.90 Å². The van der Waals surface area contributed by atoms with Gasteiger partial charge in [-0.3, -0.25) is 19.1 Å². The number of hydrogen-bond donors (Lipinski definition) is 0. The van der Waals surface area contributed by atoms with Crippen LogP contribution >= 0.6 is 0 Å². The van der Waals surface area contributed by atoms with E-state index < -0.39 is 11.6 Å². The van der Waals surface area contributed by atoms with Crippen molar-refractivity contribution in [2.24, 2.45) is 0 Å². The zero-order chi connectivity index (χ0) is 33.1. The molecular formula is C33H50N6O6. The summed E-state index contributed by atoms with van der Waals surface area (Å²) in [6.45, 7) is 10.3. The second-order valence-corrected chi connectivity index (χ2v) is 12.5. The van der Waals surface area contributed by atoms with E-state index in [1.54, 1.807) is 77.2 Å². The van der Waals surface area contributed by atoms with Crippen LogP contribution in [-0.2, 0) is 16.1 Å². The van der Waals surface area contributed by atoms with E-state index in [1.807, 2.05) is 27.7 Å². The number of amides is 4. The van der Waals surface area contributed by atoms with Crippen LogP contribution in [-0.4, -0.2) is 119 Å². The third kappa shape index (κ3) is 10.2. The van der Waals surface area contributed by atoms with Crippen LogP contribution < -0.4 is 4.74 Å². The Morgan fingerprint density at radius 2 is 1.76 bits per heavy atom. The first-order valence-electron chi connectivity index (χ1n) is 15.8. The SMILES string of the molecule is CCn1cc(C(=O)N(C)CCC[C@H]2C(=O)N(C)CCCCN(C(=O)OC(C)(C)C)CCCOc3ccccc3C(=O)N2C)cn1. The van der Waals surface area contributed by atoms with Crippen molar-refractivity contribution in [3.05, 3.63) is 47.8 Å². The van der Waals surface area contributed by atoms with E-state index in [4.69, 9.17) is 9.47 Å². The number of aryl methyl sites for hydroxylation is 1. The van der Waals surface area contributed by atoms with Crippen LogP contribution in [0.5, 0.6) is 5.75 Å². The number of para-hydroxylation sites is 1. The van der Waals surface area contributed by atoms with Gasteiger partial charge in [0, 0.05) is 60.1 Å². The van der Waals surface area contributed by atoms with Gasteiger partial charge in [-0.25, -0.2) is 4.79 Å². The first kappa shape index (κ1) is 35.4. The topological polar surface area (TPSA) is 118 Å². The Morgan fingerprint density at radius 1 is 1.07 bits per heavy atom. The summed E-state index contributed by atoms with van der Waals surface area (Å²) in [6.07, 6.45) is 5.69. The van der Waals surface area contributed by atoms with Gasteiger partial charge in [0.2, 0.25) is 5.91 Å². The number of ether oxygens (including phenoxy) is 2. The summed E-state index contributed by atoms with van der Waals surface area (Å²) in [5, 5.41) is 4.19. The van der Waals surface area contributed by atoms with E-state index in [2.05, 4.69) is 5.10 Å². The average Bonchev–Trinajstić information content (AvgIpc) is 3.49. The molecule has 0 fully saturated rings. The molecular weight excluding hydrogens is 576 g/mol. The number of nitrogens with zero attached hydrogens (tertiary/aromatic N) is 6. The molecule has 45 heavy (non-hydrogen) atoms. The first-order valence-corrected chi connectivity index (χ1v) is 15.8. The van der Waals surface area contributed by atoms with E-state index in [0.29, 0.717) is 88.3 Å². The van der Waals surface area contributed by atoms with Crippen molar-refractivity contribution < 1.29 is 28.7 Å². The molecule has 12 heteroatoms. The Balaban J connectivity index is 1.78. The molecule has 0 spiro atoms. The standard InChI is InChI=1S/C33H50N6O6/c1-8-39-24-25(23-34-39)29(40)35(5)19-13-16-27-31(42)36(6)18-11-12-20-38(32(43)45-33(2,3)4)21-14-22-44-28-17-10-9-15-26(28)30(41)37(27)7/h9-10,15,17,23-24,27H,8,11-14,16,18-22H2,1-7H3/t27-/m0/s1. The van der Waals surface area contributed by atoms with Gasteiger partial charge >= 0.3 is 6.09 Å². The molecule has 0 saturated heterocycles. The fourth-order valence-corrected chi connectivity index (χ4v) is 5.15. The van der Waals surface area contributed by atoms with Crippen LogP contribution in [0.4, 0.5) is 4.79 Å². The van der Waals surface area contributed by atoms with Crippen molar-refractivity contribution in [2.75, 3.05) is 53.9 Å². The fourth-order valence-electron chi connectivity index (χ4n) is 5.15. The Morgan fingerprint density at radius 3 is 2.44 bits per heavy atom. The molecule has 0 radical (unpaired) electrons. The van der Waals surface area contributed by atoms with Crippen LogP contribution in [0.1, 0.15) is 80.5 Å². The van der Waals surface area contributed by atoms with Gasteiger partial charge in [-0.15, -0.1) is 0 Å². The van der Waals surface area contributed by atoms with E-state index >= 15 is 0 Å². The van der Waals surface area contributed by atoms with Crippen molar-refractivity contribution in [3.8, 4) is 5.75 Å². The number of aromatic nitrogens is 2. The zero-order valence-electron chi connectivity index (χ0n) is 28.0. The van der Waals surface area contributed by atoms with Crippen LogP contribution in [0.2, 0.25) is 0 Å². The Kier molecular flexibility index (Phi) is 12.8. The lowest BCUT2D eigenvalue weighted by Gasteiger charge is -2.32. The number of fused-ring (bicyclic) bond motifs is 1. The molecule has 12 nitrogen and oxygen atoms in total. The van der Waals surface area contributed by atoms with Gasteiger partial charge in [-0.05, 0) is 71.9 Å². The molecule has 0 saturated carbocycles. The van der Waals surface area contributed by atoms with Crippen molar-refractivity contribution in [1.82, 2.24) is 29.4 Å². The van der Waals surface area contributed by atoms with Gasteiger partial charge in [-0.2, -0.15) is 5.10 Å². The molecule has 1 aliphatic rings. The maximum atomic E-state index is 13.8. The van der Waals surface area contributed by atoms with Gasteiger partial charge in [0.1, 0.15) is 17.4 Å². The molecule has 0 unspecified atom stereocenters. The average molecular weight is 627 g/mol. The number of carbonyl (C=O) groups is 4. The number of carbonyl (C=O) groups excluding carboxylic acids is 4. The highest BCUT2D eigenvalue weighted by Gasteiger charge is 2.31. The van der Waals surface area contributed by atoms with Crippen molar-refractivity contribution >= 4 is 23.8 Å². The quantitative estimate of drug-likeness (QED) is 0.473. The molecule has 3 rings (SSSR count). The molecule has 0 N–H and O–H groups in total. The van der Waals surface area contributed by atoms with Crippen molar-refractivity contribution in [2.45, 2.75) is 78.0 Å². The monoisotopic (exact) mass is 626 g/mol. The smallest absolute Gasteiger partial charge is 0.410 e. The van der Waals surface area contributed by atoms with Gasteiger partial charge in [0.15, 0.2) is 0 Å². The summed E-state index contributed by atoms with van der Waals surface area (Å²) >= 11 is 0. The number of benzene rings is 1. The van der Waals surface area contributed by atoms with Crippen LogP contribution in [0.25, 0.3) is 0 Å². The minimum Gasteiger partial charge on any atom is -0.493 e. The normalized spacial score (nSPS) is 17.5. The molecule has 248 valence electrons. The summed E-state index contributed by atoms with van der Waals surface area (Å²) in [4.78, 5) is 59.9. The largest absolute Gasteiger partial charge is 0.493 e. The second kappa shape index (κ2) is 16.3. The number of likely N-dealkylation sites (N-methyl/N-ethyl adjacent to an activating group) is 2. The maximum Gasteiger partial charge on any atom is 0.410 e. The molecule has 0 aliphatic carbocycles.